The van der Waals surface area contributed by atoms with Gasteiger partial charge in [-0.3, -0.25) is 9.59 Å². The van der Waals surface area contributed by atoms with Gasteiger partial charge in [0.25, 0.3) is 0 Å². The van der Waals surface area contributed by atoms with E-state index >= 15 is 0 Å². The first-order valence-electron chi connectivity index (χ1n) is 28.7. The van der Waals surface area contributed by atoms with Gasteiger partial charge in [0.2, 0.25) is 0 Å². The van der Waals surface area contributed by atoms with Gasteiger partial charge in [-0.2, -0.15) is 0 Å². The SMILES string of the molecule is CC/C=C\C/C=C\C/C=C\C/C=C\C/C=C\C/C=C\C/C=C\CCCCCCCCCCCCCC(=O)OC(CO)COC(=O)CCCCCCCCCCCC/C=C\C/C=C\C/C=C\C/C=C\CC. The summed E-state index contributed by atoms with van der Waals surface area (Å²) in [7, 11) is 0. The van der Waals surface area contributed by atoms with Crippen LogP contribution in [-0.2, 0) is 19.1 Å². The van der Waals surface area contributed by atoms with Crippen molar-refractivity contribution < 1.29 is 24.2 Å². The van der Waals surface area contributed by atoms with Crippen LogP contribution in [0.15, 0.2) is 134 Å². The van der Waals surface area contributed by atoms with Crippen LogP contribution in [0.25, 0.3) is 0 Å². The number of allylic oxidation sites excluding steroid dienone is 22. The van der Waals surface area contributed by atoms with E-state index in [1.165, 1.54) is 109 Å². The molecule has 0 spiro atoms. The lowest BCUT2D eigenvalue weighted by molar-refractivity contribution is -0.161. The number of unbranched alkanes of at least 4 members (excludes halogenated alkanes) is 21. The Morgan fingerprint density at radius 2 is 0.571 bits per heavy atom. The zero-order valence-electron chi connectivity index (χ0n) is 45.2. The molecule has 0 radical (unpaired) electrons. The Bertz CT molecular complexity index is 1470. The predicted molar refractivity (Wildman–Crippen MR) is 306 cm³/mol. The van der Waals surface area contributed by atoms with Crippen LogP contribution < -0.4 is 0 Å². The number of hydrogen-bond acceptors (Lipinski definition) is 5. The van der Waals surface area contributed by atoms with E-state index in [1.807, 2.05) is 0 Å². The van der Waals surface area contributed by atoms with Crippen molar-refractivity contribution in [1.29, 1.82) is 0 Å². The van der Waals surface area contributed by atoms with E-state index in [0.717, 1.165) is 109 Å². The van der Waals surface area contributed by atoms with E-state index in [4.69, 9.17) is 9.47 Å². The molecule has 0 saturated heterocycles. The lowest BCUT2D eigenvalue weighted by Gasteiger charge is -2.15. The number of carbonyl (C=O) groups excluding carboxylic acids is 2. The molecule has 0 fully saturated rings. The van der Waals surface area contributed by atoms with Crippen LogP contribution in [0.3, 0.4) is 0 Å². The Hall–Kier alpha value is -3.96. The zero-order valence-corrected chi connectivity index (χ0v) is 45.2. The van der Waals surface area contributed by atoms with Gasteiger partial charge in [0.15, 0.2) is 6.10 Å². The van der Waals surface area contributed by atoms with Crippen molar-refractivity contribution in [1.82, 2.24) is 0 Å². The lowest BCUT2D eigenvalue weighted by Crippen LogP contribution is -2.28. The van der Waals surface area contributed by atoms with Crippen LogP contribution in [0, 0.1) is 0 Å². The first kappa shape index (κ1) is 66.0. The van der Waals surface area contributed by atoms with Gasteiger partial charge >= 0.3 is 11.9 Å². The van der Waals surface area contributed by atoms with Crippen LogP contribution in [0.5, 0.6) is 0 Å². The quantitative estimate of drug-likeness (QED) is 0.0374. The molecule has 0 heterocycles. The minimum absolute atomic E-state index is 0.0761. The number of hydrogen-bond donors (Lipinski definition) is 1. The molecule has 0 aromatic rings. The second-order valence-corrected chi connectivity index (χ2v) is 18.6. The van der Waals surface area contributed by atoms with Crippen LogP contribution in [-0.4, -0.2) is 36.4 Å². The summed E-state index contributed by atoms with van der Waals surface area (Å²) in [6.07, 6.45) is 88.4. The van der Waals surface area contributed by atoms with Crippen molar-refractivity contribution in [3.8, 4) is 0 Å². The topological polar surface area (TPSA) is 72.8 Å². The third kappa shape index (κ3) is 56.6. The van der Waals surface area contributed by atoms with Gasteiger partial charge in [0.05, 0.1) is 6.61 Å². The van der Waals surface area contributed by atoms with Crippen LogP contribution >= 0.6 is 0 Å². The number of rotatable bonds is 51. The van der Waals surface area contributed by atoms with Crippen molar-refractivity contribution in [2.24, 2.45) is 0 Å². The van der Waals surface area contributed by atoms with Crippen molar-refractivity contribution >= 4 is 11.9 Å². The fraction of sp³-hybridized carbons (Fsp3) is 0.631. The summed E-state index contributed by atoms with van der Waals surface area (Å²) in [6.45, 7) is 3.91. The Labute approximate surface area is 432 Å². The summed E-state index contributed by atoms with van der Waals surface area (Å²) in [5, 5.41) is 9.66. The number of carbonyl (C=O) groups is 2. The molecule has 0 rings (SSSR count). The highest BCUT2D eigenvalue weighted by Crippen LogP contribution is 2.15. The third-order valence-electron chi connectivity index (χ3n) is 11.9. The van der Waals surface area contributed by atoms with Crippen molar-refractivity contribution in [3.05, 3.63) is 134 Å². The minimum atomic E-state index is -0.785. The Morgan fingerprint density at radius 3 is 0.857 bits per heavy atom. The van der Waals surface area contributed by atoms with Gasteiger partial charge < -0.3 is 14.6 Å². The fourth-order valence-corrected chi connectivity index (χ4v) is 7.70. The Kier molecular flexibility index (Phi) is 56.0. The van der Waals surface area contributed by atoms with E-state index in [9.17, 15) is 14.7 Å². The second kappa shape index (κ2) is 59.3. The van der Waals surface area contributed by atoms with Crippen LogP contribution in [0.2, 0.25) is 0 Å². The normalized spacial score (nSPS) is 13.2. The number of ether oxygens (including phenoxy) is 2. The highest BCUT2D eigenvalue weighted by Gasteiger charge is 2.16. The lowest BCUT2D eigenvalue weighted by atomic mass is 10.0. The van der Waals surface area contributed by atoms with Gasteiger partial charge in [-0.25, -0.2) is 0 Å². The average molecular weight is 968 g/mol. The number of esters is 2. The number of aliphatic hydroxyl groups excluding tert-OH is 1. The maximum Gasteiger partial charge on any atom is 0.306 e. The predicted octanol–water partition coefficient (Wildman–Crippen LogP) is 19.6. The van der Waals surface area contributed by atoms with Gasteiger partial charge in [0, 0.05) is 12.8 Å². The first-order valence-corrected chi connectivity index (χ1v) is 28.7. The average Bonchev–Trinajstić information content (AvgIpc) is 3.36. The van der Waals surface area contributed by atoms with Gasteiger partial charge in [0.1, 0.15) is 6.61 Å². The molecule has 1 N–H and O–H groups in total. The molecular formula is C65H106O5. The highest BCUT2D eigenvalue weighted by molar-refractivity contribution is 5.70. The van der Waals surface area contributed by atoms with Gasteiger partial charge in [-0.1, -0.05) is 257 Å². The molecule has 0 aliphatic carbocycles. The third-order valence-corrected chi connectivity index (χ3v) is 11.9. The summed E-state index contributed by atoms with van der Waals surface area (Å²) < 4.78 is 10.7. The minimum Gasteiger partial charge on any atom is -0.462 e. The molecule has 70 heavy (non-hydrogen) atoms. The molecular weight excluding hydrogens is 861 g/mol. The highest BCUT2D eigenvalue weighted by atomic mass is 16.6. The molecule has 1 atom stereocenters. The van der Waals surface area contributed by atoms with E-state index in [-0.39, 0.29) is 25.2 Å². The molecule has 0 aromatic heterocycles. The van der Waals surface area contributed by atoms with Gasteiger partial charge in [-0.05, 0) is 109 Å². The smallest absolute Gasteiger partial charge is 0.306 e. The van der Waals surface area contributed by atoms with Crippen LogP contribution in [0.4, 0.5) is 0 Å². The largest absolute Gasteiger partial charge is 0.462 e. The molecule has 5 heteroatoms. The molecule has 5 nitrogen and oxygen atoms in total. The Balaban J connectivity index is 3.55. The van der Waals surface area contributed by atoms with E-state index in [1.54, 1.807) is 0 Å². The molecule has 0 bridgehead atoms. The summed E-state index contributed by atoms with van der Waals surface area (Å²) in [5.41, 5.74) is 0. The zero-order chi connectivity index (χ0) is 50.6. The van der Waals surface area contributed by atoms with Crippen molar-refractivity contribution in [3.63, 3.8) is 0 Å². The Morgan fingerprint density at radius 1 is 0.329 bits per heavy atom. The molecule has 396 valence electrons. The van der Waals surface area contributed by atoms with E-state index in [0.29, 0.717) is 12.8 Å². The molecule has 0 aliphatic heterocycles. The van der Waals surface area contributed by atoms with Gasteiger partial charge in [-0.15, -0.1) is 0 Å². The summed E-state index contributed by atoms with van der Waals surface area (Å²) in [6, 6.07) is 0. The molecule has 1 unspecified atom stereocenters. The summed E-state index contributed by atoms with van der Waals surface area (Å²) in [5.74, 6) is -0.603. The first-order chi connectivity index (χ1) is 34.6. The van der Waals surface area contributed by atoms with Crippen molar-refractivity contribution in [2.45, 2.75) is 251 Å². The summed E-state index contributed by atoms with van der Waals surface area (Å²) >= 11 is 0. The maximum atomic E-state index is 12.3. The molecule has 0 saturated carbocycles. The molecule has 0 amide bonds. The van der Waals surface area contributed by atoms with E-state index in [2.05, 4.69) is 148 Å². The summed E-state index contributed by atoms with van der Waals surface area (Å²) in [4.78, 5) is 24.5. The van der Waals surface area contributed by atoms with Crippen LogP contribution in [0.1, 0.15) is 245 Å². The van der Waals surface area contributed by atoms with E-state index < -0.39 is 6.10 Å². The van der Waals surface area contributed by atoms with Crippen molar-refractivity contribution in [2.75, 3.05) is 13.2 Å². The fourth-order valence-electron chi connectivity index (χ4n) is 7.70. The maximum absolute atomic E-state index is 12.3. The second-order valence-electron chi connectivity index (χ2n) is 18.6. The number of aliphatic hydroxyl groups is 1. The molecule has 0 aliphatic rings. The monoisotopic (exact) mass is 967 g/mol. The standard InChI is InChI=1S/C65H106O5/c1-3-5-7-9-11-13-15-17-19-21-23-25-27-28-29-30-31-32-33-34-35-36-38-40-42-44-46-48-50-52-54-56-58-60-65(68)70-63(61-66)62-69-64(67)59-57-55-53-51-49-47-45-43-41-39-37-26-24-22-20-18-16-14-12-10-8-6-4-2/h5-8,11-14,17-20,23-26,28-29,31-32,34-35,63,66H,3-4,9-10,15-16,21-22,27,30,33,36-62H2,1-2H3/b7-5-,8-6-,13-11-,14-12-,19-17-,20-18-,25-23-,26-24-,29-28-,32-31-,35-34-. The molecule has 0 aromatic carbocycles.